The van der Waals surface area contributed by atoms with E-state index in [0.29, 0.717) is 43.7 Å². The zero-order valence-electron chi connectivity index (χ0n) is 17.9. The monoisotopic (exact) mass is 456 g/mol. The number of nitrogens with zero attached hydrogens (tertiary/aromatic N) is 3. The summed E-state index contributed by atoms with van der Waals surface area (Å²) in [6.45, 7) is 1.01. The van der Waals surface area contributed by atoms with Crippen LogP contribution >= 0.6 is 0 Å². The molecule has 0 saturated carbocycles. The lowest BCUT2D eigenvalue weighted by Crippen LogP contribution is -2.47. The first kappa shape index (κ1) is 22.3. The van der Waals surface area contributed by atoms with Gasteiger partial charge in [0.2, 0.25) is 5.91 Å². The molecule has 1 aromatic heterocycles. The average Bonchev–Trinajstić information content (AvgIpc) is 2.77. The third-order valence-electron chi connectivity index (χ3n) is 5.91. The lowest BCUT2D eigenvalue weighted by atomic mass is 10.0. The van der Waals surface area contributed by atoms with Crippen LogP contribution in [0.2, 0.25) is 0 Å². The van der Waals surface area contributed by atoms with Crippen molar-refractivity contribution in [1.82, 2.24) is 9.88 Å². The van der Waals surface area contributed by atoms with E-state index in [1.54, 1.807) is 18.5 Å². The number of amides is 1. The summed E-state index contributed by atoms with van der Waals surface area (Å²) >= 11 is 0. The van der Waals surface area contributed by atoms with Gasteiger partial charge >= 0.3 is 0 Å². The number of sulfonamides is 1. The highest BCUT2D eigenvalue weighted by Crippen LogP contribution is 2.27. The van der Waals surface area contributed by atoms with Gasteiger partial charge in [0, 0.05) is 18.9 Å². The molecule has 1 aromatic carbocycles. The van der Waals surface area contributed by atoms with Gasteiger partial charge < -0.3 is 15.4 Å². The summed E-state index contributed by atoms with van der Waals surface area (Å²) in [6.07, 6.45) is 7.62. The Morgan fingerprint density at radius 2 is 2.06 bits per heavy atom. The number of piperidine rings is 1. The van der Waals surface area contributed by atoms with Gasteiger partial charge in [0.15, 0.2) is 0 Å². The number of aryl methyl sites for hydroxylation is 1. The molecule has 2 aromatic rings. The maximum Gasteiger partial charge on any atom is 0.255 e. The Bertz CT molecular complexity index is 1100. The average molecular weight is 457 g/mol. The van der Waals surface area contributed by atoms with Crippen molar-refractivity contribution in [3.63, 3.8) is 0 Å². The minimum Gasteiger partial charge on any atom is -0.491 e. The van der Waals surface area contributed by atoms with Gasteiger partial charge in [0.1, 0.15) is 18.2 Å². The van der Waals surface area contributed by atoms with Crippen molar-refractivity contribution in [1.29, 1.82) is 0 Å². The maximum atomic E-state index is 13.0. The SMILES string of the molecule is NC1=NS(=O)(=O)CCCc2cccc(OC[C@H]3CCCCN3C(=O)Cc3cccnc3)c21. The van der Waals surface area contributed by atoms with Gasteiger partial charge in [-0.2, -0.15) is 0 Å². The lowest BCUT2D eigenvalue weighted by Gasteiger charge is -2.36. The molecule has 0 aliphatic carbocycles. The Hall–Kier alpha value is -2.94. The molecule has 9 heteroatoms. The zero-order valence-corrected chi connectivity index (χ0v) is 18.8. The number of likely N-dealkylation sites (tertiary alicyclic amines) is 1. The summed E-state index contributed by atoms with van der Waals surface area (Å²) in [5.41, 5.74) is 8.43. The Morgan fingerprint density at radius 3 is 2.88 bits per heavy atom. The topological polar surface area (TPSA) is 115 Å². The fraction of sp³-hybridized carbons (Fsp3) is 0.435. The highest BCUT2D eigenvalue weighted by Gasteiger charge is 2.28. The second-order valence-corrected chi connectivity index (χ2v) is 10.00. The van der Waals surface area contributed by atoms with E-state index in [-0.39, 0.29) is 23.5 Å². The molecular weight excluding hydrogens is 428 g/mol. The molecule has 2 aliphatic rings. The van der Waals surface area contributed by atoms with E-state index < -0.39 is 10.0 Å². The molecule has 0 radical (unpaired) electrons. The smallest absolute Gasteiger partial charge is 0.255 e. The number of ether oxygens (including phenoxy) is 1. The predicted octanol–water partition coefficient (Wildman–Crippen LogP) is 2.07. The molecule has 32 heavy (non-hydrogen) atoms. The van der Waals surface area contributed by atoms with Crippen molar-refractivity contribution in [3.8, 4) is 5.75 Å². The molecular formula is C23H28N4O4S. The van der Waals surface area contributed by atoms with Gasteiger partial charge in [-0.3, -0.25) is 9.78 Å². The van der Waals surface area contributed by atoms with Gasteiger partial charge in [-0.25, -0.2) is 8.42 Å². The minimum absolute atomic E-state index is 0.0195. The van der Waals surface area contributed by atoms with Gasteiger partial charge in [-0.15, -0.1) is 4.40 Å². The van der Waals surface area contributed by atoms with Crippen molar-refractivity contribution in [2.75, 3.05) is 18.9 Å². The predicted molar refractivity (Wildman–Crippen MR) is 122 cm³/mol. The van der Waals surface area contributed by atoms with Crippen LogP contribution in [0.3, 0.4) is 0 Å². The van der Waals surface area contributed by atoms with E-state index >= 15 is 0 Å². The Morgan fingerprint density at radius 1 is 1.19 bits per heavy atom. The third-order valence-corrected chi connectivity index (χ3v) is 7.19. The van der Waals surface area contributed by atoms with Crippen LogP contribution in [0.15, 0.2) is 47.1 Å². The Kier molecular flexibility index (Phi) is 6.74. The van der Waals surface area contributed by atoms with E-state index in [1.165, 1.54) is 0 Å². The molecule has 0 bridgehead atoms. The van der Waals surface area contributed by atoms with Crippen LogP contribution in [-0.2, 0) is 27.7 Å². The van der Waals surface area contributed by atoms with E-state index in [2.05, 4.69) is 9.38 Å². The molecule has 1 saturated heterocycles. The first-order valence-corrected chi connectivity index (χ1v) is 12.6. The largest absolute Gasteiger partial charge is 0.491 e. The van der Waals surface area contributed by atoms with Crippen molar-refractivity contribution < 1.29 is 17.9 Å². The van der Waals surface area contributed by atoms with E-state index in [0.717, 1.165) is 30.4 Å². The minimum atomic E-state index is -3.59. The van der Waals surface area contributed by atoms with Crippen molar-refractivity contribution >= 4 is 21.8 Å². The van der Waals surface area contributed by atoms with Crippen LogP contribution in [0.1, 0.15) is 42.4 Å². The van der Waals surface area contributed by atoms with Crippen LogP contribution in [0.4, 0.5) is 0 Å². The maximum absolute atomic E-state index is 13.0. The van der Waals surface area contributed by atoms with Crippen LogP contribution in [-0.4, -0.2) is 55.0 Å². The number of hydrogen-bond donors (Lipinski definition) is 1. The molecule has 0 unspecified atom stereocenters. The molecule has 2 aliphatic heterocycles. The normalized spacial score (nSPS) is 20.4. The molecule has 170 valence electrons. The summed E-state index contributed by atoms with van der Waals surface area (Å²) in [6, 6.07) is 9.25. The number of fused-ring (bicyclic) bond motifs is 1. The number of nitrogens with two attached hydrogens (primary N) is 1. The second kappa shape index (κ2) is 9.68. The Labute approximate surface area is 188 Å². The number of aromatic nitrogens is 1. The van der Waals surface area contributed by atoms with Crippen LogP contribution in [0.5, 0.6) is 5.75 Å². The number of benzene rings is 1. The number of rotatable bonds is 5. The summed E-state index contributed by atoms with van der Waals surface area (Å²) < 4.78 is 34.1. The molecule has 3 heterocycles. The fourth-order valence-corrected chi connectivity index (χ4v) is 5.34. The molecule has 1 fully saturated rings. The van der Waals surface area contributed by atoms with Crippen molar-refractivity contribution in [2.45, 2.75) is 44.6 Å². The van der Waals surface area contributed by atoms with Gasteiger partial charge in [-0.05, 0) is 55.4 Å². The summed E-state index contributed by atoms with van der Waals surface area (Å²) in [5, 5.41) is 0. The van der Waals surface area contributed by atoms with Gasteiger partial charge in [0.05, 0.1) is 23.8 Å². The number of amidine groups is 1. The van der Waals surface area contributed by atoms with E-state index in [1.807, 2.05) is 29.2 Å². The highest BCUT2D eigenvalue weighted by atomic mass is 32.2. The first-order chi connectivity index (χ1) is 15.4. The first-order valence-electron chi connectivity index (χ1n) is 10.9. The van der Waals surface area contributed by atoms with Crippen LogP contribution < -0.4 is 10.5 Å². The number of hydrogen-bond acceptors (Lipinski definition) is 6. The second-order valence-electron chi connectivity index (χ2n) is 8.24. The highest BCUT2D eigenvalue weighted by molar-refractivity contribution is 7.90. The number of carbonyl (C=O) groups excluding carboxylic acids is 1. The molecule has 1 amide bonds. The number of carbonyl (C=O) groups is 1. The van der Waals surface area contributed by atoms with Gasteiger partial charge in [-0.1, -0.05) is 18.2 Å². The van der Waals surface area contributed by atoms with Crippen LogP contribution in [0, 0.1) is 0 Å². The molecule has 2 N–H and O–H groups in total. The molecule has 8 nitrogen and oxygen atoms in total. The van der Waals surface area contributed by atoms with E-state index in [4.69, 9.17) is 10.5 Å². The lowest BCUT2D eigenvalue weighted by molar-refractivity contribution is -0.134. The molecule has 0 spiro atoms. The quantitative estimate of drug-likeness (QED) is 0.737. The van der Waals surface area contributed by atoms with Crippen molar-refractivity contribution in [2.24, 2.45) is 10.1 Å². The summed E-state index contributed by atoms with van der Waals surface area (Å²) in [7, 11) is -3.59. The molecule has 4 rings (SSSR count). The van der Waals surface area contributed by atoms with Crippen LogP contribution in [0.25, 0.3) is 0 Å². The van der Waals surface area contributed by atoms with E-state index in [9.17, 15) is 13.2 Å². The Balaban J connectivity index is 1.51. The summed E-state index contributed by atoms with van der Waals surface area (Å²) in [4.78, 5) is 18.9. The zero-order chi connectivity index (χ0) is 22.6. The summed E-state index contributed by atoms with van der Waals surface area (Å²) in [5.74, 6) is 0.505. The molecule has 1 atom stereocenters. The fourth-order valence-electron chi connectivity index (χ4n) is 4.35. The number of pyridine rings is 1. The third kappa shape index (κ3) is 5.27. The van der Waals surface area contributed by atoms with Crippen molar-refractivity contribution in [3.05, 3.63) is 59.4 Å². The standard InChI is InChI=1S/C23H28N4O4S/c24-23-22-18(8-5-13-32(29,30)26-23)7-3-10-20(22)31-16-19-9-1-2-12-27(19)21(28)14-17-6-4-11-25-15-17/h3-4,6-7,10-11,15,19H,1-2,5,8-9,12-14,16H2,(H2,24,26)/t19-/m1/s1. The van der Waals surface area contributed by atoms with Gasteiger partial charge in [0.25, 0.3) is 10.0 Å².